The minimum absolute atomic E-state index is 0.152. The maximum absolute atomic E-state index is 13.1. The summed E-state index contributed by atoms with van der Waals surface area (Å²) >= 11 is 1.35. The summed E-state index contributed by atoms with van der Waals surface area (Å²) in [5.41, 5.74) is 4.10. The summed E-state index contributed by atoms with van der Waals surface area (Å²) in [6, 6.07) is 0. The van der Waals surface area contributed by atoms with Gasteiger partial charge in [0, 0.05) is 5.75 Å². The number of hydrogen-bond donors (Lipinski definition) is 2. The van der Waals surface area contributed by atoms with Gasteiger partial charge >= 0.3 is 5.69 Å². The third-order valence-corrected chi connectivity index (χ3v) is 3.24. The van der Waals surface area contributed by atoms with Crippen LogP contribution in [0.5, 0.6) is 0 Å². The van der Waals surface area contributed by atoms with E-state index in [2.05, 4.69) is 4.98 Å². The van der Waals surface area contributed by atoms with E-state index in [0.29, 0.717) is 5.75 Å². The molecule has 1 unspecified atom stereocenters. The molecule has 0 spiro atoms. The molecule has 0 saturated carbocycles. The van der Waals surface area contributed by atoms with Gasteiger partial charge < -0.3 is 15.6 Å². The number of anilines is 1. The van der Waals surface area contributed by atoms with E-state index in [4.69, 9.17) is 15.6 Å². The van der Waals surface area contributed by atoms with E-state index in [1.54, 1.807) is 0 Å². The van der Waals surface area contributed by atoms with Gasteiger partial charge in [-0.3, -0.25) is 4.57 Å². The number of aliphatic hydroxyl groups excluding tert-OH is 1. The van der Waals surface area contributed by atoms with Crippen LogP contribution >= 0.6 is 11.8 Å². The van der Waals surface area contributed by atoms with Crippen molar-refractivity contribution in [3.05, 3.63) is 22.5 Å². The Morgan fingerprint density at radius 2 is 2.56 bits per heavy atom. The van der Waals surface area contributed by atoms with Gasteiger partial charge in [0.2, 0.25) is 0 Å². The zero-order valence-electron chi connectivity index (χ0n) is 8.17. The minimum atomic E-state index is -0.763. The summed E-state index contributed by atoms with van der Waals surface area (Å²) in [7, 11) is 0. The van der Waals surface area contributed by atoms with E-state index in [0.717, 1.165) is 10.8 Å². The first-order chi connectivity index (χ1) is 7.61. The number of halogens is 1. The van der Waals surface area contributed by atoms with Crippen LogP contribution in [-0.4, -0.2) is 32.5 Å². The molecule has 1 fully saturated rings. The fourth-order valence-electron chi connectivity index (χ4n) is 1.35. The molecule has 1 aromatic rings. The predicted molar refractivity (Wildman–Crippen MR) is 56.3 cm³/mol. The molecule has 1 saturated heterocycles. The summed E-state index contributed by atoms with van der Waals surface area (Å²) in [6.07, 6.45) is 0.354. The molecular formula is C8H10FN3O3S. The number of nitrogens with two attached hydrogens (primary N) is 1. The van der Waals surface area contributed by atoms with Crippen molar-refractivity contribution in [1.29, 1.82) is 0 Å². The van der Waals surface area contributed by atoms with Crippen molar-refractivity contribution >= 4 is 17.6 Å². The van der Waals surface area contributed by atoms with Crippen molar-refractivity contribution in [2.24, 2.45) is 0 Å². The first kappa shape index (κ1) is 11.4. The Hall–Kier alpha value is -1.12. The molecule has 0 radical (unpaired) electrons. The van der Waals surface area contributed by atoms with Crippen LogP contribution < -0.4 is 11.4 Å². The molecule has 0 aromatic carbocycles. The predicted octanol–water partition coefficient (Wildman–Crippen LogP) is -0.455. The van der Waals surface area contributed by atoms with Gasteiger partial charge in [0.05, 0.1) is 12.8 Å². The fourth-order valence-corrected chi connectivity index (χ4v) is 2.28. The summed E-state index contributed by atoms with van der Waals surface area (Å²) in [5.74, 6) is -0.734. The van der Waals surface area contributed by atoms with Crippen LogP contribution in [0.3, 0.4) is 0 Å². The third-order valence-electron chi connectivity index (χ3n) is 2.13. The number of aromatic nitrogens is 2. The molecule has 16 heavy (non-hydrogen) atoms. The van der Waals surface area contributed by atoms with Gasteiger partial charge in [-0.25, -0.2) is 9.18 Å². The highest BCUT2D eigenvalue weighted by molar-refractivity contribution is 8.00. The molecule has 2 atom stereocenters. The zero-order chi connectivity index (χ0) is 11.7. The summed E-state index contributed by atoms with van der Waals surface area (Å²) in [5, 5.41) is 8.86. The van der Waals surface area contributed by atoms with E-state index in [1.807, 2.05) is 0 Å². The Balaban J connectivity index is 2.28. The molecule has 0 aliphatic carbocycles. The standard InChI is InChI=1S/C8H10FN3O3S/c9-4-1-12(8(14)11-7(4)10)5-3-16-6(2-13)15-5/h1,5-6,13H,2-3H2,(H2,10,11,14)/t5?,6-/m1/s1. The third kappa shape index (κ3) is 2.04. The minimum Gasteiger partial charge on any atom is -0.393 e. The van der Waals surface area contributed by atoms with Crippen LogP contribution in [0.15, 0.2) is 11.0 Å². The molecule has 1 aromatic heterocycles. The molecule has 1 aliphatic rings. The molecule has 3 N–H and O–H groups in total. The van der Waals surface area contributed by atoms with E-state index in [9.17, 15) is 9.18 Å². The molecule has 2 rings (SSSR count). The number of rotatable bonds is 2. The monoisotopic (exact) mass is 247 g/mol. The number of hydrogen-bond acceptors (Lipinski definition) is 6. The lowest BCUT2D eigenvalue weighted by atomic mass is 10.5. The summed E-state index contributed by atoms with van der Waals surface area (Å²) in [6.45, 7) is -0.152. The highest BCUT2D eigenvalue weighted by Gasteiger charge is 2.27. The second-order valence-corrected chi connectivity index (χ2v) is 4.39. The lowest BCUT2D eigenvalue weighted by Gasteiger charge is -2.13. The van der Waals surface area contributed by atoms with Crippen LogP contribution in [0.1, 0.15) is 6.23 Å². The van der Waals surface area contributed by atoms with Crippen molar-refractivity contribution in [2.45, 2.75) is 11.7 Å². The number of nitrogens with zero attached hydrogens (tertiary/aromatic N) is 2. The van der Waals surface area contributed by atoms with E-state index in [1.165, 1.54) is 11.8 Å². The second-order valence-electron chi connectivity index (χ2n) is 3.20. The second kappa shape index (κ2) is 4.40. The molecule has 8 heteroatoms. The van der Waals surface area contributed by atoms with Crippen LogP contribution in [0.4, 0.5) is 10.2 Å². The number of thioether (sulfide) groups is 1. The Morgan fingerprint density at radius 3 is 3.19 bits per heavy atom. The van der Waals surface area contributed by atoms with Gasteiger partial charge in [-0.2, -0.15) is 4.98 Å². The maximum Gasteiger partial charge on any atom is 0.351 e. The Morgan fingerprint density at radius 1 is 1.81 bits per heavy atom. The van der Waals surface area contributed by atoms with Gasteiger partial charge in [0.15, 0.2) is 11.6 Å². The largest absolute Gasteiger partial charge is 0.393 e. The van der Waals surface area contributed by atoms with Crippen LogP contribution in [0.2, 0.25) is 0 Å². The first-order valence-electron chi connectivity index (χ1n) is 4.54. The topological polar surface area (TPSA) is 90.4 Å². The van der Waals surface area contributed by atoms with Crippen molar-refractivity contribution < 1.29 is 14.2 Å². The molecule has 2 heterocycles. The van der Waals surface area contributed by atoms with Gasteiger partial charge in [0.1, 0.15) is 11.7 Å². The summed E-state index contributed by atoms with van der Waals surface area (Å²) in [4.78, 5) is 14.8. The molecule has 0 amide bonds. The Kier molecular flexibility index (Phi) is 3.13. The molecular weight excluding hydrogens is 237 g/mol. The SMILES string of the molecule is Nc1nc(=O)n(C2CS[C@H](CO)O2)cc1F. The van der Waals surface area contributed by atoms with Crippen molar-refractivity contribution in [3.8, 4) is 0 Å². The van der Waals surface area contributed by atoms with Crippen LogP contribution in [-0.2, 0) is 4.74 Å². The van der Waals surface area contributed by atoms with Crippen LogP contribution in [0.25, 0.3) is 0 Å². The Bertz CT molecular complexity index is 453. The van der Waals surface area contributed by atoms with Gasteiger partial charge in [-0.15, -0.1) is 11.8 Å². The van der Waals surface area contributed by atoms with E-state index < -0.39 is 29.0 Å². The van der Waals surface area contributed by atoms with E-state index >= 15 is 0 Å². The lowest BCUT2D eigenvalue weighted by Crippen LogP contribution is -2.29. The highest BCUT2D eigenvalue weighted by Crippen LogP contribution is 2.30. The van der Waals surface area contributed by atoms with E-state index in [-0.39, 0.29) is 6.61 Å². The van der Waals surface area contributed by atoms with Gasteiger partial charge in [-0.05, 0) is 0 Å². The molecule has 0 bridgehead atoms. The average molecular weight is 247 g/mol. The lowest BCUT2D eigenvalue weighted by molar-refractivity contribution is -0.00677. The van der Waals surface area contributed by atoms with Crippen molar-refractivity contribution in [2.75, 3.05) is 18.1 Å². The number of aliphatic hydroxyl groups is 1. The van der Waals surface area contributed by atoms with Gasteiger partial charge in [0.25, 0.3) is 0 Å². The van der Waals surface area contributed by atoms with Crippen molar-refractivity contribution in [1.82, 2.24) is 9.55 Å². The summed E-state index contributed by atoms with van der Waals surface area (Å²) < 4.78 is 19.5. The number of ether oxygens (including phenoxy) is 1. The average Bonchev–Trinajstić information content (AvgIpc) is 2.71. The highest BCUT2D eigenvalue weighted by atomic mass is 32.2. The molecule has 1 aliphatic heterocycles. The quantitative estimate of drug-likeness (QED) is 0.735. The fraction of sp³-hybridized carbons (Fsp3) is 0.500. The molecule has 88 valence electrons. The maximum atomic E-state index is 13.1. The smallest absolute Gasteiger partial charge is 0.351 e. The molecule has 6 nitrogen and oxygen atoms in total. The zero-order valence-corrected chi connectivity index (χ0v) is 8.98. The van der Waals surface area contributed by atoms with Gasteiger partial charge in [-0.1, -0.05) is 0 Å². The van der Waals surface area contributed by atoms with Crippen LogP contribution in [0, 0.1) is 5.82 Å². The van der Waals surface area contributed by atoms with Crippen molar-refractivity contribution in [3.63, 3.8) is 0 Å². The Labute approximate surface area is 94.2 Å². The normalized spacial score (nSPS) is 24.9. The first-order valence-corrected chi connectivity index (χ1v) is 5.58. The number of nitrogen functional groups attached to an aromatic ring is 1.